The monoisotopic (exact) mass is 491 g/mol. The van der Waals surface area contributed by atoms with Crippen molar-refractivity contribution in [3.8, 4) is 11.1 Å². The minimum absolute atomic E-state index is 0.0258. The first kappa shape index (κ1) is 23.0. The largest absolute Gasteiger partial charge is 0.480 e. The van der Waals surface area contributed by atoms with E-state index in [0.29, 0.717) is 9.88 Å². The van der Waals surface area contributed by atoms with Crippen molar-refractivity contribution >= 4 is 29.3 Å². The average molecular weight is 492 g/mol. The summed E-state index contributed by atoms with van der Waals surface area (Å²) in [5, 5.41) is 12.4. The molecular weight excluding hydrogens is 466 g/mol. The van der Waals surface area contributed by atoms with Crippen molar-refractivity contribution in [2.75, 3.05) is 13.2 Å². The molecule has 0 saturated heterocycles. The molecular formula is C26H25N3O5S. The normalized spacial score (nSPS) is 14.2. The van der Waals surface area contributed by atoms with Gasteiger partial charge in [-0.15, -0.1) is 11.3 Å². The van der Waals surface area contributed by atoms with E-state index in [9.17, 15) is 14.4 Å². The molecule has 1 fully saturated rings. The Balaban J connectivity index is 1.20. The second kappa shape index (κ2) is 9.50. The van der Waals surface area contributed by atoms with Gasteiger partial charge in [0, 0.05) is 16.8 Å². The molecule has 5 rings (SSSR count). The molecule has 9 heteroatoms. The Morgan fingerprint density at radius 1 is 1.09 bits per heavy atom. The number of carbonyl (C=O) groups is 3. The summed E-state index contributed by atoms with van der Waals surface area (Å²) in [6.07, 6.45) is 1.05. The fraction of sp³-hybridized carbons (Fsp3) is 0.308. The maximum Gasteiger partial charge on any atom is 0.407 e. The van der Waals surface area contributed by atoms with Crippen molar-refractivity contribution in [1.29, 1.82) is 0 Å². The van der Waals surface area contributed by atoms with Crippen LogP contribution in [0.2, 0.25) is 0 Å². The van der Waals surface area contributed by atoms with Gasteiger partial charge in [0.2, 0.25) is 0 Å². The van der Waals surface area contributed by atoms with Crippen molar-refractivity contribution in [3.05, 3.63) is 75.2 Å². The number of nitrogens with one attached hydrogen (secondary N) is 1. The summed E-state index contributed by atoms with van der Waals surface area (Å²) in [6, 6.07) is 16.2. The number of rotatable bonds is 8. The summed E-state index contributed by atoms with van der Waals surface area (Å²) in [5.41, 5.74) is 4.85. The number of fused-ring (bicyclic) bond motifs is 3. The van der Waals surface area contributed by atoms with E-state index in [0.717, 1.165) is 35.1 Å². The number of hydrogen-bond donors (Lipinski definition) is 2. The molecule has 0 bridgehead atoms. The lowest BCUT2D eigenvalue weighted by Crippen LogP contribution is -2.38. The van der Waals surface area contributed by atoms with Crippen LogP contribution in [0.4, 0.5) is 4.79 Å². The van der Waals surface area contributed by atoms with Gasteiger partial charge >= 0.3 is 12.1 Å². The van der Waals surface area contributed by atoms with E-state index < -0.39 is 12.1 Å². The summed E-state index contributed by atoms with van der Waals surface area (Å²) in [7, 11) is 0. The van der Waals surface area contributed by atoms with Gasteiger partial charge in [0.25, 0.3) is 5.91 Å². The summed E-state index contributed by atoms with van der Waals surface area (Å²) < 4.78 is 5.55. The number of hydrogen-bond acceptors (Lipinski definition) is 6. The van der Waals surface area contributed by atoms with Crippen LogP contribution >= 0.6 is 11.3 Å². The van der Waals surface area contributed by atoms with Crippen molar-refractivity contribution in [2.24, 2.45) is 0 Å². The topological polar surface area (TPSA) is 109 Å². The number of aliphatic carboxylic acids is 1. The number of amides is 2. The minimum Gasteiger partial charge on any atom is -0.480 e. The molecule has 2 amide bonds. The quantitative estimate of drug-likeness (QED) is 0.489. The molecule has 35 heavy (non-hydrogen) atoms. The average Bonchev–Trinajstić information content (AvgIpc) is 3.55. The Morgan fingerprint density at radius 2 is 1.71 bits per heavy atom. The zero-order chi connectivity index (χ0) is 24.5. The highest BCUT2D eigenvalue weighted by atomic mass is 32.1. The van der Waals surface area contributed by atoms with Crippen LogP contribution in [-0.2, 0) is 16.1 Å². The zero-order valence-electron chi connectivity index (χ0n) is 19.2. The van der Waals surface area contributed by atoms with Crippen LogP contribution in [-0.4, -0.2) is 52.2 Å². The first-order valence-corrected chi connectivity index (χ1v) is 12.3. The molecule has 0 aliphatic heterocycles. The van der Waals surface area contributed by atoms with Crippen LogP contribution in [0.25, 0.3) is 11.1 Å². The third-order valence-corrected chi connectivity index (χ3v) is 7.30. The fourth-order valence-electron chi connectivity index (χ4n) is 4.56. The van der Waals surface area contributed by atoms with Crippen LogP contribution in [0.3, 0.4) is 0 Å². The molecule has 2 aliphatic rings. The van der Waals surface area contributed by atoms with Gasteiger partial charge < -0.3 is 20.1 Å². The summed E-state index contributed by atoms with van der Waals surface area (Å²) in [6.45, 7) is 1.77. The van der Waals surface area contributed by atoms with Crippen molar-refractivity contribution in [1.82, 2.24) is 15.2 Å². The van der Waals surface area contributed by atoms with Crippen molar-refractivity contribution in [2.45, 2.75) is 38.3 Å². The number of aromatic nitrogens is 1. The smallest absolute Gasteiger partial charge is 0.407 e. The van der Waals surface area contributed by atoms with Gasteiger partial charge in [-0.05, 0) is 42.0 Å². The highest BCUT2D eigenvalue weighted by Crippen LogP contribution is 2.44. The Morgan fingerprint density at radius 3 is 2.31 bits per heavy atom. The maximum absolute atomic E-state index is 12.9. The van der Waals surface area contributed by atoms with E-state index >= 15 is 0 Å². The van der Waals surface area contributed by atoms with Gasteiger partial charge in [0.15, 0.2) is 0 Å². The third kappa shape index (κ3) is 4.77. The Labute approximate surface area is 206 Å². The molecule has 3 aromatic rings. The number of alkyl carbamates (subject to hydrolysis) is 1. The number of ether oxygens (including phenoxy) is 1. The molecule has 1 heterocycles. The van der Waals surface area contributed by atoms with Gasteiger partial charge in [0.1, 0.15) is 23.9 Å². The third-order valence-electron chi connectivity index (χ3n) is 6.33. The standard InChI is InChI=1S/C26H25N3O5S/c1-15-24(25(32)29(13-23(30)31)16-10-11-16)28-22(35-15)12-27-26(33)34-14-21-19-8-4-2-6-17(19)18-7-3-5-9-20(18)21/h2-9,16,21H,10-14H2,1H3,(H,27,33)(H,30,31). The highest BCUT2D eigenvalue weighted by molar-refractivity contribution is 7.11. The zero-order valence-corrected chi connectivity index (χ0v) is 20.0. The molecule has 2 aromatic carbocycles. The Kier molecular flexibility index (Phi) is 6.25. The van der Waals surface area contributed by atoms with Crippen LogP contribution < -0.4 is 5.32 Å². The van der Waals surface area contributed by atoms with E-state index in [2.05, 4.69) is 34.6 Å². The lowest BCUT2D eigenvalue weighted by atomic mass is 9.98. The van der Waals surface area contributed by atoms with Gasteiger partial charge in [-0.3, -0.25) is 9.59 Å². The van der Waals surface area contributed by atoms with E-state index in [4.69, 9.17) is 9.84 Å². The molecule has 0 radical (unpaired) electrons. The number of carboxylic acids is 1. The molecule has 8 nitrogen and oxygen atoms in total. The minimum atomic E-state index is -1.05. The maximum atomic E-state index is 12.9. The first-order valence-electron chi connectivity index (χ1n) is 11.5. The second-order valence-corrected chi connectivity index (χ2v) is 10.0. The van der Waals surface area contributed by atoms with Gasteiger partial charge in [0.05, 0.1) is 6.54 Å². The second-order valence-electron chi connectivity index (χ2n) is 8.75. The van der Waals surface area contributed by atoms with E-state index in [1.165, 1.54) is 16.2 Å². The number of benzene rings is 2. The van der Waals surface area contributed by atoms with Crippen molar-refractivity contribution in [3.63, 3.8) is 0 Å². The van der Waals surface area contributed by atoms with Crippen molar-refractivity contribution < 1.29 is 24.2 Å². The molecule has 0 atom stereocenters. The van der Waals surface area contributed by atoms with Gasteiger partial charge in [-0.2, -0.15) is 0 Å². The predicted octanol–water partition coefficient (Wildman–Crippen LogP) is 4.18. The predicted molar refractivity (Wildman–Crippen MR) is 130 cm³/mol. The Hall–Kier alpha value is -3.72. The number of aryl methyl sites for hydroxylation is 1. The number of nitrogens with zero attached hydrogens (tertiary/aromatic N) is 2. The highest BCUT2D eigenvalue weighted by Gasteiger charge is 2.36. The molecule has 0 unspecified atom stereocenters. The molecule has 1 aromatic heterocycles. The van der Waals surface area contributed by atoms with Gasteiger partial charge in [-0.25, -0.2) is 9.78 Å². The van der Waals surface area contributed by atoms with Crippen LogP contribution in [0.1, 0.15) is 50.3 Å². The lowest BCUT2D eigenvalue weighted by molar-refractivity contribution is -0.137. The van der Waals surface area contributed by atoms with E-state index in [1.54, 1.807) is 6.92 Å². The number of carbonyl (C=O) groups excluding carboxylic acids is 2. The SMILES string of the molecule is Cc1sc(CNC(=O)OCC2c3ccccc3-c3ccccc32)nc1C(=O)N(CC(=O)O)C1CC1. The molecule has 2 aliphatic carbocycles. The lowest BCUT2D eigenvalue weighted by Gasteiger charge is -2.19. The summed E-state index contributed by atoms with van der Waals surface area (Å²) in [5.74, 6) is -1.45. The molecule has 0 spiro atoms. The van der Waals surface area contributed by atoms with Crippen LogP contribution in [0.5, 0.6) is 0 Å². The van der Waals surface area contributed by atoms with E-state index in [-0.39, 0.29) is 43.3 Å². The molecule has 2 N–H and O–H groups in total. The number of carboxylic acid groups (broad SMARTS) is 1. The fourth-order valence-corrected chi connectivity index (χ4v) is 5.42. The van der Waals surface area contributed by atoms with Crippen LogP contribution in [0.15, 0.2) is 48.5 Å². The summed E-state index contributed by atoms with van der Waals surface area (Å²) >= 11 is 1.30. The Bertz CT molecular complexity index is 1250. The molecule has 1 saturated carbocycles. The summed E-state index contributed by atoms with van der Waals surface area (Å²) in [4.78, 5) is 42.9. The van der Waals surface area contributed by atoms with Crippen LogP contribution in [0, 0.1) is 6.92 Å². The first-order chi connectivity index (χ1) is 16.9. The molecule has 180 valence electrons. The van der Waals surface area contributed by atoms with E-state index in [1.807, 2.05) is 24.3 Å². The number of thiazole rings is 1. The van der Waals surface area contributed by atoms with Gasteiger partial charge in [-0.1, -0.05) is 48.5 Å².